The lowest BCUT2D eigenvalue weighted by Crippen LogP contribution is -2.30. The summed E-state index contributed by atoms with van der Waals surface area (Å²) in [7, 11) is 0. The Kier molecular flexibility index (Phi) is 3.33. The number of ether oxygens (including phenoxy) is 1. The van der Waals surface area contributed by atoms with Crippen molar-refractivity contribution in [2.45, 2.75) is 31.9 Å². The van der Waals surface area contributed by atoms with E-state index in [2.05, 4.69) is 17.0 Å². The van der Waals surface area contributed by atoms with Crippen LogP contribution in [0.2, 0.25) is 0 Å². The van der Waals surface area contributed by atoms with Crippen molar-refractivity contribution in [3.05, 3.63) is 35.9 Å². The summed E-state index contributed by atoms with van der Waals surface area (Å²) in [4.78, 5) is 13.8. The van der Waals surface area contributed by atoms with E-state index in [0.29, 0.717) is 37.5 Å². The van der Waals surface area contributed by atoms with Gasteiger partial charge in [0.25, 0.3) is 0 Å². The van der Waals surface area contributed by atoms with Gasteiger partial charge in [0.15, 0.2) is 0 Å². The van der Waals surface area contributed by atoms with Gasteiger partial charge in [-0.15, -0.1) is 0 Å². The first-order chi connectivity index (χ1) is 8.84. The largest absolute Gasteiger partial charge is 0.376 e. The van der Waals surface area contributed by atoms with Crippen LogP contribution < -0.4 is 0 Å². The van der Waals surface area contributed by atoms with Crippen molar-refractivity contribution in [3.8, 4) is 0 Å². The molecular weight excluding hydrogens is 226 g/mol. The fourth-order valence-electron chi connectivity index (χ4n) is 3.14. The number of hydrogen-bond acceptors (Lipinski definition) is 2. The molecule has 1 amide bonds. The van der Waals surface area contributed by atoms with Crippen LogP contribution >= 0.6 is 0 Å². The summed E-state index contributed by atoms with van der Waals surface area (Å²) in [5, 5.41) is 0. The molecular formula is C15H19NO2. The van der Waals surface area contributed by atoms with Crippen LogP contribution in [-0.4, -0.2) is 30.0 Å². The van der Waals surface area contributed by atoms with Gasteiger partial charge in [-0.1, -0.05) is 30.3 Å². The molecule has 2 heterocycles. The molecule has 0 aliphatic carbocycles. The Bertz CT molecular complexity index is 418. The number of carbonyl (C=O) groups is 1. The summed E-state index contributed by atoms with van der Waals surface area (Å²) in [6.07, 6.45) is 3.00. The molecule has 3 nitrogen and oxygen atoms in total. The van der Waals surface area contributed by atoms with Gasteiger partial charge < -0.3 is 9.64 Å². The molecule has 2 aliphatic rings. The van der Waals surface area contributed by atoms with Crippen molar-refractivity contribution in [1.29, 1.82) is 0 Å². The summed E-state index contributed by atoms with van der Waals surface area (Å²) in [6, 6.07) is 10.7. The highest BCUT2D eigenvalue weighted by Crippen LogP contribution is 2.33. The maximum absolute atomic E-state index is 11.8. The van der Waals surface area contributed by atoms with Crippen molar-refractivity contribution in [3.63, 3.8) is 0 Å². The molecule has 0 spiro atoms. The van der Waals surface area contributed by atoms with Crippen LogP contribution in [0.1, 0.15) is 24.8 Å². The van der Waals surface area contributed by atoms with Gasteiger partial charge in [0.2, 0.25) is 5.91 Å². The van der Waals surface area contributed by atoms with Crippen LogP contribution in [0.3, 0.4) is 0 Å². The highest BCUT2D eigenvalue weighted by Gasteiger charge is 2.42. The zero-order valence-corrected chi connectivity index (χ0v) is 10.5. The standard InChI is InChI=1S/C15H19NO2/c17-15-9-13(14-7-4-8-16(14)15)11-18-10-12-5-2-1-3-6-12/h1-3,5-6,13-14H,4,7-11H2/t13-,14-/m0/s1. The number of carbonyl (C=O) groups excluding carboxylic acids is 1. The average Bonchev–Trinajstić information content (AvgIpc) is 2.97. The second-order valence-corrected chi connectivity index (χ2v) is 5.26. The van der Waals surface area contributed by atoms with Gasteiger partial charge in [-0.3, -0.25) is 4.79 Å². The molecule has 3 rings (SSSR count). The molecule has 2 fully saturated rings. The molecule has 0 aromatic heterocycles. The molecule has 2 saturated heterocycles. The molecule has 1 aromatic rings. The van der Waals surface area contributed by atoms with Crippen molar-refractivity contribution in [2.75, 3.05) is 13.2 Å². The normalized spacial score (nSPS) is 26.7. The Morgan fingerprint density at radius 2 is 2.11 bits per heavy atom. The molecule has 0 unspecified atom stereocenters. The fourth-order valence-corrected chi connectivity index (χ4v) is 3.14. The molecule has 2 atom stereocenters. The van der Waals surface area contributed by atoms with E-state index in [4.69, 9.17) is 4.74 Å². The molecule has 96 valence electrons. The third-order valence-corrected chi connectivity index (χ3v) is 4.04. The molecule has 2 aliphatic heterocycles. The lowest BCUT2D eigenvalue weighted by Gasteiger charge is -2.19. The molecule has 0 N–H and O–H groups in total. The lowest BCUT2D eigenvalue weighted by molar-refractivity contribution is -0.127. The van der Waals surface area contributed by atoms with Gasteiger partial charge in [-0.25, -0.2) is 0 Å². The first kappa shape index (κ1) is 11.7. The van der Waals surface area contributed by atoms with Crippen LogP contribution in [0.25, 0.3) is 0 Å². The van der Waals surface area contributed by atoms with Crippen molar-refractivity contribution in [2.24, 2.45) is 5.92 Å². The van der Waals surface area contributed by atoms with Crippen LogP contribution in [0.15, 0.2) is 30.3 Å². The summed E-state index contributed by atoms with van der Waals surface area (Å²) >= 11 is 0. The minimum absolute atomic E-state index is 0.325. The monoisotopic (exact) mass is 245 g/mol. The number of hydrogen-bond donors (Lipinski definition) is 0. The first-order valence-electron chi connectivity index (χ1n) is 6.76. The van der Waals surface area contributed by atoms with Gasteiger partial charge in [0.05, 0.1) is 13.2 Å². The second-order valence-electron chi connectivity index (χ2n) is 5.26. The Labute approximate surface area is 108 Å². The second kappa shape index (κ2) is 5.11. The zero-order chi connectivity index (χ0) is 12.4. The topological polar surface area (TPSA) is 29.5 Å². The van der Waals surface area contributed by atoms with E-state index >= 15 is 0 Å². The molecule has 0 radical (unpaired) electrons. The maximum Gasteiger partial charge on any atom is 0.223 e. The predicted molar refractivity (Wildman–Crippen MR) is 68.9 cm³/mol. The Morgan fingerprint density at radius 3 is 2.94 bits per heavy atom. The van der Waals surface area contributed by atoms with Crippen LogP contribution in [0, 0.1) is 5.92 Å². The average molecular weight is 245 g/mol. The lowest BCUT2D eigenvalue weighted by atomic mass is 9.99. The number of nitrogens with zero attached hydrogens (tertiary/aromatic N) is 1. The minimum atomic E-state index is 0.325. The highest BCUT2D eigenvalue weighted by atomic mass is 16.5. The van der Waals surface area contributed by atoms with Gasteiger partial charge in [0.1, 0.15) is 0 Å². The molecule has 18 heavy (non-hydrogen) atoms. The van der Waals surface area contributed by atoms with E-state index in [-0.39, 0.29) is 0 Å². The van der Waals surface area contributed by atoms with Gasteiger partial charge in [0, 0.05) is 24.9 Å². The van der Waals surface area contributed by atoms with Crippen LogP contribution in [0.4, 0.5) is 0 Å². The van der Waals surface area contributed by atoms with Gasteiger partial charge >= 0.3 is 0 Å². The third kappa shape index (κ3) is 2.27. The quantitative estimate of drug-likeness (QED) is 0.814. The van der Waals surface area contributed by atoms with Crippen molar-refractivity contribution >= 4 is 5.91 Å². The van der Waals surface area contributed by atoms with Gasteiger partial charge in [-0.05, 0) is 18.4 Å². The minimum Gasteiger partial charge on any atom is -0.376 e. The molecule has 3 heteroatoms. The maximum atomic E-state index is 11.8. The number of rotatable bonds is 4. The summed E-state index contributed by atoms with van der Waals surface area (Å²) in [5.41, 5.74) is 1.20. The predicted octanol–water partition coefficient (Wildman–Crippen LogP) is 2.21. The number of fused-ring (bicyclic) bond motifs is 1. The SMILES string of the molecule is O=C1C[C@@H](COCc2ccccc2)[C@@H]2CCCN12. The van der Waals surface area contributed by atoms with E-state index in [1.54, 1.807) is 0 Å². The Hall–Kier alpha value is -1.35. The van der Waals surface area contributed by atoms with E-state index in [9.17, 15) is 4.79 Å². The van der Waals surface area contributed by atoms with E-state index in [1.165, 1.54) is 5.56 Å². The number of amides is 1. The first-order valence-corrected chi connectivity index (χ1v) is 6.76. The Morgan fingerprint density at radius 1 is 1.28 bits per heavy atom. The van der Waals surface area contributed by atoms with E-state index < -0.39 is 0 Å². The molecule has 1 aromatic carbocycles. The smallest absolute Gasteiger partial charge is 0.223 e. The molecule has 0 saturated carbocycles. The van der Waals surface area contributed by atoms with Crippen LogP contribution in [0.5, 0.6) is 0 Å². The van der Waals surface area contributed by atoms with Gasteiger partial charge in [-0.2, -0.15) is 0 Å². The van der Waals surface area contributed by atoms with Crippen molar-refractivity contribution < 1.29 is 9.53 Å². The summed E-state index contributed by atoms with van der Waals surface area (Å²) < 4.78 is 5.78. The summed E-state index contributed by atoms with van der Waals surface area (Å²) in [6.45, 7) is 2.32. The zero-order valence-electron chi connectivity index (χ0n) is 10.5. The molecule has 0 bridgehead atoms. The van der Waals surface area contributed by atoms with E-state index in [0.717, 1.165) is 19.4 Å². The highest BCUT2D eigenvalue weighted by molar-refractivity contribution is 5.79. The van der Waals surface area contributed by atoms with Crippen molar-refractivity contribution in [1.82, 2.24) is 4.90 Å². The fraction of sp³-hybridized carbons (Fsp3) is 0.533. The van der Waals surface area contributed by atoms with Crippen LogP contribution in [-0.2, 0) is 16.1 Å². The Balaban J connectivity index is 1.50. The van der Waals surface area contributed by atoms with E-state index in [1.807, 2.05) is 18.2 Å². The summed E-state index contributed by atoms with van der Waals surface area (Å²) in [5.74, 6) is 0.731. The third-order valence-electron chi connectivity index (χ3n) is 4.04. The number of benzene rings is 1.